The summed E-state index contributed by atoms with van der Waals surface area (Å²) >= 11 is 0. The zero-order valence-electron chi connectivity index (χ0n) is 17.8. The molecule has 0 heterocycles. The van der Waals surface area contributed by atoms with Gasteiger partial charge in [0, 0.05) is 0 Å². The molecule has 7 nitrogen and oxygen atoms in total. The normalized spacial score (nSPS) is 11.2. The molecular weight excluding hydrogens is 408 g/mol. The maximum absolute atomic E-state index is 11.8. The number of carboxylic acid groups (broad SMARTS) is 1. The third-order valence-electron chi connectivity index (χ3n) is 4.50. The van der Waals surface area contributed by atoms with Gasteiger partial charge in [-0.05, 0) is 30.7 Å². The molecule has 0 saturated carbocycles. The molecule has 0 fully saturated rings. The standard InChI is InChI=1S/C22H34O7S/c1-2-3-4-5-6-7-8-9-15-28-20-10-12-21(13-11-20)29-17-19(23)18-30(26,27)16-14-22(24)25/h10-13H,2-9,14-18H2,1H3,(H,24,25). The maximum Gasteiger partial charge on any atom is 0.304 e. The van der Waals surface area contributed by atoms with E-state index in [1.807, 2.05) is 0 Å². The molecule has 0 aliphatic rings. The van der Waals surface area contributed by atoms with Crippen molar-refractivity contribution >= 4 is 21.6 Å². The van der Waals surface area contributed by atoms with E-state index in [1.54, 1.807) is 24.3 Å². The first-order valence-electron chi connectivity index (χ1n) is 10.6. The lowest BCUT2D eigenvalue weighted by Crippen LogP contribution is -2.24. The highest BCUT2D eigenvalue weighted by Crippen LogP contribution is 2.18. The van der Waals surface area contributed by atoms with Gasteiger partial charge in [-0.25, -0.2) is 8.42 Å². The Kier molecular flexibility index (Phi) is 12.8. The summed E-state index contributed by atoms with van der Waals surface area (Å²) in [6, 6.07) is 6.81. The van der Waals surface area contributed by atoms with Crippen LogP contribution in [0.3, 0.4) is 0 Å². The Hall–Kier alpha value is -2.09. The largest absolute Gasteiger partial charge is 0.494 e. The number of aliphatic carboxylic acids is 1. The van der Waals surface area contributed by atoms with E-state index in [-0.39, 0.29) is 6.61 Å². The Labute approximate surface area is 179 Å². The SMILES string of the molecule is CCCCCCCCCCOc1ccc(OCC(=O)CS(=O)(=O)CCC(=O)O)cc1. The number of carbonyl (C=O) groups excluding carboxylic acids is 1. The van der Waals surface area contributed by atoms with Gasteiger partial charge in [0.05, 0.1) is 18.8 Å². The Balaban J connectivity index is 2.20. The first-order valence-corrected chi connectivity index (χ1v) is 12.4. The lowest BCUT2D eigenvalue weighted by molar-refractivity contribution is -0.136. The van der Waals surface area contributed by atoms with Crippen LogP contribution in [0.4, 0.5) is 0 Å². The Morgan fingerprint density at radius 2 is 1.40 bits per heavy atom. The molecule has 0 spiro atoms. The molecule has 0 saturated heterocycles. The van der Waals surface area contributed by atoms with Crippen molar-refractivity contribution in [3.05, 3.63) is 24.3 Å². The summed E-state index contributed by atoms with van der Waals surface area (Å²) in [5, 5.41) is 8.53. The third-order valence-corrected chi connectivity index (χ3v) is 6.09. The lowest BCUT2D eigenvalue weighted by atomic mass is 10.1. The fourth-order valence-corrected chi connectivity index (χ4v) is 4.03. The van der Waals surface area contributed by atoms with Gasteiger partial charge in [-0.2, -0.15) is 0 Å². The second-order valence-corrected chi connectivity index (χ2v) is 9.54. The number of carboxylic acids is 1. The van der Waals surface area contributed by atoms with Crippen molar-refractivity contribution in [3.8, 4) is 11.5 Å². The minimum absolute atomic E-state index is 0.384. The molecule has 0 amide bonds. The molecule has 0 aliphatic heterocycles. The van der Waals surface area contributed by atoms with Gasteiger partial charge in [0.1, 0.15) is 23.9 Å². The molecule has 0 atom stereocenters. The van der Waals surface area contributed by atoms with Gasteiger partial charge in [0.25, 0.3) is 0 Å². The second-order valence-electron chi connectivity index (χ2n) is 7.36. The minimum atomic E-state index is -3.74. The van der Waals surface area contributed by atoms with E-state index in [2.05, 4.69) is 6.92 Å². The number of ketones is 1. The van der Waals surface area contributed by atoms with Crippen LogP contribution < -0.4 is 9.47 Å². The average Bonchev–Trinajstić information content (AvgIpc) is 2.70. The van der Waals surface area contributed by atoms with Crippen LogP contribution in [-0.4, -0.2) is 50.0 Å². The van der Waals surface area contributed by atoms with Gasteiger partial charge in [-0.1, -0.05) is 51.9 Å². The molecule has 1 aromatic rings. The van der Waals surface area contributed by atoms with Crippen molar-refractivity contribution in [1.82, 2.24) is 0 Å². The average molecular weight is 443 g/mol. The van der Waals surface area contributed by atoms with Crippen LogP contribution in [0.5, 0.6) is 11.5 Å². The number of hydrogen-bond acceptors (Lipinski definition) is 6. The summed E-state index contributed by atoms with van der Waals surface area (Å²) in [6.45, 7) is 2.49. The fraction of sp³-hybridized carbons (Fsp3) is 0.636. The Bertz CT molecular complexity index is 726. The number of unbranched alkanes of at least 4 members (excludes halogenated alkanes) is 7. The summed E-state index contributed by atoms with van der Waals surface area (Å²) in [5.74, 6) is -1.96. The zero-order valence-corrected chi connectivity index (χ0v) is 18.6. The van der Waals surface area contributed by atoms with Crippen LogP contribution in [0.2, 0.25) is 0 Å². The molecule has 30 heavy (non-hydrogen) atoms. The number of sulfone groups is 1. The predicted octanol–water partition coefficient (Wildman–Crippen LogP) is 4.04. The van der Waals surface area contributed by atoms with Gasteiger partial charge in [0.2, 0.25) is 0 Å². The number of carbonyl (C=O) groups is 2. The van der Waals surface area contributed by atoms with Crippen molar-refractivity contribution in [3.63, 3.8) is 0 Å². The van der Waals surface area contributed by atoms with Crippen molar-refractivity contribution in [2.75, 3.05) is 24.7 Å². The highest BCUT2D eigenvalue weighted by molar-refractivity contribution is 7.92. The predicted molar refractivity (Wildman–Crippen MR) is 116 cm³/mol. The van der Waals surface area contributed by atoms with Gasteiger partial charge in [-0.3, -0.25) is 9.59 Å². The number of benzene rings is 1. The van der Waals surface area contributed by atoms with Crippen LogP contribution in [0.15, 0.2) is 24.3 Å². The first-order chi connectivity index (χ1) is 14.3. The van der Waals surface area contributed by atoms with E-state index in [9.17, 15) is 18.0 Å². The quantitative estimate of drug-likeness (QED) is 0.342. The van der Waals surface area contributed by atoms with Crippen LogP contribution in [0.1, 0.15) is 64.7 Å². The van der Waals surface area contributed by atoms with Gasteiger partial charge >= 0.3 is 5.97 Å². The smallest absolute Gasteiger partial charge is 0.304 e. The highest BCUT2D eigenvalue weighted by atomic mass is 32.2. The Morgan fingerprint density at radius 3 is 1.97 bits per heavy atom. The molecular formula is C22H34O7S. The van der Waals surface area contributed by atoms with E-state index in [0.717, 1.165) is 12.8 Å². The van der Waals surface area contributed by atoms with Crippen LogP contribution in [0.25, 0.3) is 0 Å². The number of rotatable bonds is 18. The molecule has 0 aromatic heterocycles. The summed E-state index contributed by atoms with van der Waals surface area (Å²) < 4.78 is 34.3. The number of hydrogen-bond donors (Lipinski definition) is 1. The van der Waals surface area contributed by atoms with Crippen molar-refractivity contribution in [1.29, 1.82) is 0 Å². The van der Waals surface area contributed by atoms with Gasteiger partial charge in [0.15, 0.2) is 15.6 Å². The van der Waals surface area contributed by atoms with Crippen molar-refractivity contribution in [2.24, 2.45) is 0 Å². The molecule has 0 radical (unpaired) electrons. The van der Waals surface area contributed by atoms with Crippen LogP contribution >= 0.6 is 0 Å². The Morgan fingerprint density at radius 1 is 0.867 bits per heavy atom. The molecule has 1 N–H and O–H groups in total. The van der Waals surface area contributed by atoms with Crippen molar-refractivity contribution < 1.29 is 32.6 Å². The minimum Gasteiger partial charge on any atom is -0.494 e. The number of ether oxygens (including phenoxy) is 2. The van der Waals surface area contributed by atoms with E-state index >= 15 is 0 Å². The molecule has 0 aliphatic carbocycles. The van der Waals surface area contributed by atoms with E-state index in [1.165, 1.54) is 38.5 Å². The maximum atomic E-state index is 11.8. The molecule has 0 unspecified atom stereocenters. The topological polar surface area (TPSA) is 107 Å². The van der Waals surface area contributed by atoms with E-state index in [0.29, 0.717) is 18.1 Å². The van der Waals surface area contributed by atoms with Crippen LogP contribution in [0, 0.1) is 0 Å². The van der Waals surface area contributed by atoms with Gasteiger partial charge in [-0.15, -0.1) is 0 Å². The van der Waals surface area contributed by atoms with Gasteiger partial charge < -0.3 is 14.6 Å². The summed E-state index contributed by atoms with van der Waals surface area (Å²) in [7, 11) is -3.74. The second kappa shape index (κ2) is 14.8. The summed E-state index contributed by atoms with van der Waals surface area (Å²) in [5.41, 5.74) is 0. The molecule has 170 valence electrons. The van der Waals surface area contributed by atoms with E-state index < -0.39 is 39.5 Å². The fourth-order valence-electron chi connectivity index (χ4n) is 2.82. The van der Waals surface area contributed by atoms with Crippen molar-refractivity contribution in [2.45, 2.75) is 64.7 Å². The molecule has 1 aromatic carbocycles. The number of Topliss-reactive ketones (excluding diaryl/α,β-unsaturated/α-hetero) is 1. The first kappa shape index (κ1) is 25.9. The third kappa shape index (κ3) is 13.2. The summed E-state index contributed by atoms with van der Waals surface area (Å²) in [4.78, 5) is 22.2. The lowest BCUT2D eigenvalue weighted by Gasteiger charge is -2.09. The van der Waals surface area contributed by atoms with E-state index in [4.69, 9.17) is 14.6 Å². The molecule has 1 rings (SSSR count). The van der Waals surface area contributed by atoms with Crippen LogP contribution in [-0.2, 0) is 19.4 Å². The monoisotopic (exact) mass is 442 g/mol. The summed E-state index contributed by atoms with van der Waals surface area (Å²) in [6.07, 6.45) is 9.40. The zero-order chi connectivity index (χ0) is 22.2. The highest BCUT2D eigenvalue weighted by Gasteiger charge is 2.18. The molecule has 0 bridgehead atoms. The molecule has 8 heteroatoms.